The van der Waals surface area contributed by atoms with Gasteiger partial charge < -0.3 is 11.1 Å². The summed E-state index contributed by atoms with van der Waals surface area (Å²) < 4.78 is 0. The first-order chi connectivity index (χ1) is 9.38. The van der Waals surface area contributed by atoms with Gasteiger partial charge in [0, 0.05) is 17.2 Å². The van der Waals surface area contributed by atoms with Gasteiger partial charge in [-0.1, -0.05) is 31.5 Å². The van der Waals surface area contributed by atoms with Crippen molar-refractivity contribution in [3.8, 4) is 0 Å². The van der Waals surface area contributed by atoms with Crippen molar-refractivity contribution in [2.75, 3.05) is 11.1 Å². The van der Waals surface area contributed by atoms with E-state index in [4.69, 9.17) is 5.73 Å². The molecule has 0 radical (unpaired) electrons. The zero-order chi connectivity index (χ0) is 14.9. The lowest BCUT2D eigenvalue weighted by atomic mass is 10.1. The molecule has 20 heavy (non-hydrogen) atoms. The van der Waals surface area contributed by atoms with Crippen molar-refractivity contribution in [1.29, 1.82) is 0 Å². The van der Waals surface area contributed by atoms with Crippen LogP contribution in [0.3, 0.4) is 0 Å². The summed E-state index contributed by atoms with van der Waals surface area (Å²) in [6.45, 7) is 10.2. The molecule has 4 heteroatoms. The first-order valence-electron chi connectivity index (χ1n) is 6.86. The summed E-state index contributed by atoms with van der Waals surface area (Å²) in [4.78, 5) is 8.93. The van der Waals surface area contributed by atoms with Gasteiger partial charge in [-0.15, -0.1) is 0 Å². The van der Waals surface area contributed by atoms with E-state index in [1.807, 2.05) is 6.92 Å². The third-order valence-electron chi connectivity index (χ3n) is 3.35. The van der Waals surface area contributed by atoms with Gasteiger partial charge >= 0.3 is 0 Å². The minimum absolute atomic E-state index is 0.248. The molecule has 0 amide bonds. The van der Waals surface area contributed by atoms with Gasteiger partial charge in [-0.25, -0.2) is 9.97 Å². The SMILES string of the molecule is Cc1ccc(Nc2nc(C(C)C)nc(N)c2C)c(C)c1. The molecule has 0 spiro atoms. The second kappa shape index (κ2) is 5.49. The zero-order valence-corrected chi connectivity index (χ0v) is 12.8. The van der Waals surface area contributed by atoms with E-state index in [1.165, 1.54) is 11.1 Å². The Kier molecular flexibility index (Phi) is 3.93. The Balaban J connectivity index is 2.42. The third kappa shape index (κ3) is 2.90. The zero-order valence-electron chi connectivity index (χ0n) is 12.8. The molecule has 1 heterocycles. The summed E-state index contributed by atoms with van der Waals surface area (Å²) in [7, 11) is 0. The van der Waals surface area contributed by atoms with Gasteiger partial charge in [0.15, 0.2) is 0 Å². The Morgan fingerprint density at radius 3 is 2.40 bits per heavy atom. The topological polar surface area (TPSA) is 63.8 Å². The normalized spacial score (nSPS) is 10.9. The highest BCUT2D eigenvalue weighted by Crippen LogP contribution is 2.26. The van der Waals surface area contributed by atoms with Crippen molar-refractivity contribution in [3.63, 3.8) is 0 Å². The van der Waals surface area contributed by atoms with Crippen LogP contribution in [0.15, 0.2) is 18.2 Å². The quantitative estimate of drug-likeness (QED) is 0.889. The Morgan fingerprint density at radius 2 is 1.80 bits per heavy atom. The van der Waals surface area contributed by atoms with Crippen LogP contribution in [0, 0.1) is 20.8 Å². The van der Waals surface area contributed by atoms with Gasteiger partial charge in [0.25, 0.3) is 0 Å². The molecule has 0 bridgehead atoms. The van der Waals surface area contributed by atoms with Crippen LogP contribution in [0.4, 0.5) is 17.3 Å². The summed E-state index contributed by atoms with van der Waals surface area (Å²) in [6, 6.07) is 6.29. The predicted molar refractivity (Wildman–Crippen MR) is 84.5 cm³/mol. The average molecular weight is 270 g/mol. The van der Waals surface area contributed by atoms with Crippen LogP contribution in [-0.4, -0.2) is 9.97 Å². The van der Waals surface area contributed by atoms with E-state index in [-0.39, 0.29) is 5.92 Å². The number of hydrogen-bond acceptors (Lipinski definition) is 4. The van der Waals surface area contributed by atoms with E-state index in [9.17, 15) is 0 Å². The fraction of sp³-hybridized carbons (Fsp3) is 0.375. The largest absolute Gasteiger partial charge is 0.383 e. The highest BCUT2D eigenvalue weighted by Gasteiger charge is 2.12. The molecule has 2 rings (SSSR count). The average Bonchev–Trinajstić information content (AvgIpc) is 2.37. The van der Waals surface area contributed by atoms with Crippen LogP contribution in [-0.2, 0) is 0 Å². The number of nitrogens with two attached hydrogens (primary N) is 1. The van der Waals surface area contributed by atoms with Crippen molar-refractivity contribution >= 4 is 17.3 Å². The van der Waals surface area contributed by atoms with Gasteiger partial charge in [0.1, 0.15) is 17.5 Å². The van der Waals surface area contributed by atoms with Crippen LogP contribution in [0.2, 0.25) is 0 Å². The van der Waals surface area contributed by atoms with Crippen LogP contribution in [0.5, 0.6) is 0 Å². The Bertz CT molecular complexity index is 633. The standard InChI is InChI=1S/C16H22N4/c1-9(2)15-19-14(17)12(5)16(20-15)18-13-7-6-10(3)8-11(13)4/h6-9H,1-5H3,(H3,17,18,19,20). The van der Waals surface area contributed by atoms with Gasteiger partial charge in [0.05, 0.1) is 0 Å². The van der Waals surface area contributed by atoms with Crippen molar-refractivity contribution in [1.82, 2.24) is 9.97 Å². The maximum absolute atomic E-state index is 5.98. The molecule has 3 N–H and O–H groups in total. The lowest BCUT2D eigenvalue weighted by Gasteiger charge is -2.15. The van der Waals surface area contributed by atoms with Gasteiger partial charge in [0.2, 0.25) is 0 Å². The van der Waals surface area contributed by atoms with Crippen LogP contribution in [0.1, 0.15) is 42.3 Å². The highest BCUT2D eigenvalue weighted by atomic mass is 15.1. The van der Waals surface area contributed by atoms with Crippen LogP contribution in [0.25, 0.3) is 0 Å². The van der Waals surface area contributed by atoms with Crippen molar-refractivity contribution < 1.29 is 0 Å². The number of aromatic nitrogens is 2. The molecule has 1 aromatic carbocycles. The highest BCUT2D eigenvalue weighted by molar-refractivity contribution is 5.66. The molecule has 0 saturated carbocycles. The molecule has 0 aliphatic carbocycles. The minimum Gasteiger partial charge on any atom is -0.383 e. The van der Waals surface area contributed by atoms with Gasteiger partial charge in [-0.3, -0.25) is 0 Å². The second-order valence-electron chi connectivity index (χ2n) is 5.54. The van der Waals surface area contributed by atoms with Gasteiger partial charge in [-0.05, 0) is 32.4 Å². The van der Waals surface area contributed by atoms with Crippen LogP contribution >= 0.6 is 0 Å². The molecule has 0 atom stereocenters. The monoisotopic (exact) mass is 270 g/mol. The summed E-state index contributed by atoms with van der Waals surface area (Å²) in [5.41, 5.74) is 10.3. The molecule has 0 fully saturated rings. The number of anilines is 3. The maximum atomic E-state index is 5.98. The third-order valence-corrected chi connectivity index (χ3v) is 3.35. The van der Waals surface area contributed by atoms with Gasteiger partial charge in [-0.2, -0.15) is 0 Å². The van der Waals surface area contributed by atoms with Crippen molar-refractivity contribution in [3.05, 3.63) is 40.7 Å². The summed E-state index contributed by atoms with van der Waals surface area (Å²) in [5.74, 6) is 2.34. The fourth-order valence-corrected chi connectivity index (χ4v) is 2.01. The molecule has 0 aliphatic rings. The first kappa shape index (κ1) is 14.3. The van der Waals surface area contributed by atoms with Crippen molar-refractivity contribution in [2.45, 2.75) is 40.5 Å². The lowest BCUT2D eigenvalue weighted by molar-refractivity contribution is 0.776. The Labute approximate surface area is 120 Å². The Morgan fingerprint density at radius 1 is 1.10 bits per heavy atom. The smallest absolute Gasteiger partial charge is 0.139 e. The molecule has 0 unspecified atom stereocenters. The van der Waals surface area contributed by atoms with E-state index in [1.54, 1.807) is 0 Å². The fourth-order valence-electron chi connectivity index (χ4n) is 2.01. The predicted octanol–water partition coefficient (Wildman–Crippen LogP) is 3.85. The van der Waals surface area contributed by atoms with E-state index >= 15 is 0 Å². The molecule has 0 aliphatic heterocycles. The molecule has 4 nitrogen and oxygen atoms in total. The number of hydrogen-bond donors (Lipinski definition) is 2. The molecule has 106 valence electrons. The van der Waals surface area contributed by atoms with E-state index in [0.29, 0.717) is 5.82 Å². The molecule has 2 aromatic rings. The summed E-state index contributed by atoms with van der Waals surface area (Å²) in [5, 5.41) is 3.37. The molecular weight excluding hydrogens is 248 g/mol. The molecule has 1 aromatic heterocycles. The number of rotatable bonds is 3. The minimum atomic E-state index is 0.248. The summed E-state index contributed by atoms with van der Waals surface area (Å²) >= 11 is 0. The summed E-state index contributed by atoms with van der Waals surface area (Å²) in [6.07, 6.45) is 0. The van der Waals surface area contributed by atoms with E-state index < -0.39 is 0 Å². The number of nitrogens with one attached hydrogen (secondary N) is 1. The number of nitrogens with zero attached hydrogens (tertiary/aromatic N) is 2. The van der Waals surface area contributed by atoms with Crippen LogP contribution < -0.4 is 11.1 Å². The van der Waals surface area contributed by atoms with E-state index in [0.717, 1.165) is 22.9 Å². The molecular formula is C16H22N4. The van der Waals surface area contributed by atoms with Crippen molar-refractivity contribution in [2.24, 2.45) is 0 Å². The molecule has 0 saturated heterocycles. The second-order valence-corrected chi connectivity index (χ2v) is 5.54. The van der Waals surface area contributed by atoms with E-state index in [2.05, 4.69) is 61.2 Å². The number of aryl methyl sites for hydroxylation is 2. The lowest BCUT2D eigenvalue weighted by Crippen LogP contribution is -2.08. The first-order valence-corrected chi connectivity index (χ1v) is 6.86. The Hall–Kier alpha value is -2.10. The maximum Gasteiger partial charge on any atom is 0.139 e. The number of nitrogen functional groups attached to an aromatic ring is 1. The number of benzene rings is 1.